The first-order valence-electron chi connectivity index (χ1n) is 3.85. The summed E-state index contributed by atoms with van der Waals surface area (Å²) in [5, 5.41) is 18.3. The minimum atomic E-state index is -0.731. The molecule has 0 bridgehead atoms. The summed E-state index contributed by atoms with van der Waals surface area (Å²) < 4.78 is 0. The van der Waals surface area contributed by atoms with Crippen molar-refractivity contribution < 1.29 is 10.2 Å². The summed E-state index contributed by atoms with van der Waals surface area (Å²) in [6.07, 6.45) is 1.90. The van der Waals surface area contributed by atoms with Gasteiger partial charge in [0.2, 0.25) is 0 Å². The second-order valence-corrected chi connectivity index (χ2v) is 3.32. The van der Waals surface area contributed by atoms with Gasteiger partial charge in [0.25, 0.3) is 0 Å². The van der Waals surface area contributed by atoms with Crippen LogP contribution in [0.25, 0.3) is 0 Å². The van der Waals surface area contributed by atoms with Crippen LogP contribution in [0, 0.1) is 5.92 Å². The maximum Gasteiger partial charge on any atom is 0.0641 e. The molecular weight excluding hydrogens is 128 g/mol. The average Bonchev–Trinajstić information content (AvgIpc) is 1.80. The van der Waals surface area contributed by atoms with Crippen molar-refractivity contribution in [2.24, 2.45) is 5.92 Å². The summed E-state index contributed by atoms with van der Waals surface area (Å²) in [7, 11) is 0. The van der Waals surface area contributed by atoms with E-state index in [1.807, 2.05) is 0 Å². The van der Waals surface area contributed by atoms with Gasteiger partial charge in [0.05, 0.1) is 5.60 Å². The highest BCUT2D eigenvalue weighted by Gasteiger charge is 2.24. The van der Waals surface area contributed by atoms with Crippen molar-refractivity contribution in [2.45, 2.75) is 39.2 Å². The summed E-state index contributed by atoms with van der Waals surface area (Å²) in [4.78, 5) is 0. The third kappa shape index (κ3) is 3.18. The van der Waals surface area contributed by atoms with E-state index in [2.05, 4.69) is 6.92 Å². The van der Waals surface area contributed by atoms with Crippen molar-refractivity contribution in [3.8, 4) is 0 Å². The van der Waals surface area contributed by atoms with Gasteiger partial charge in [-0.05, 0) is 20.3 Å². The first-order valence-corrected chi connectivity index (χ1v) is 3.85. The zero-order valence-electron chi connectivity index (χ0n) is 7.09. The fourth-order valence-corrected chi connectivity index (χ4v) is 1.02. The highest BCUT2D eigenvalue weighted by atomic mass is 16.3. The molecular formula is C8H18O2. The Morgan fingerprint density at radius 1 is 1.40 bits per heavy atom. The maximum absolute atomic E-state index is 9.45. The number of aliphatic hydroxyl groups excluding tert-OH is 1. The second-order valence-electron chi connectivity index (χ2n) is 3.32. The molecule has 0 aromatic heterocycles. The Hall–Kier alpha value is -0.0800. The minimum Gasteiger partial charge on any atom is -0.396 e. The van der Waals surface area contributed by atoms with Crippen molar-refractivity contribution in [1.29, 1.82) is 0 Å². The third-order valence-electron chi connectivity index (χ3n) is 1.86. The normalized spacial score (nSPS) is 15.3. The van der Waals surface area contributed by atoms with Crippen molar-refractivity contribution in [3.63, 3.8) is 0 Å². The van der Waals surface area contributed by atoms with Crippen molar-refractivity contribution >= 4 is 0 Å². The first kappa shape index (κ1) is 9.92. The minimum absolute atomic E-state index is 0.0255. The zero-order chi connectivity index (χ0) is 8.20. The van der Waals surface area contributed by atoms with Crippen LogP contribution in [0.5, 0.6) is 0 Å². The summed E-state index contributed by atoms with van der Waals surface area (Å²) >= 11 is 0. The molecule has 0 radical (unpaired) electrons. The zero-order valence-corrected chi connectivity index (χ0v) is 7.09. The molecule has 0 rings (SSSR count). The topological polar surface area (TPSA) is 40.5 Å². The fraction of sp³-hybridized carbons (Fsp3) is 1.00. The van der Waals surface area contributed by atoms with Crippen LogP contribution >= 0.6 is 0 Å². The standard InChI is InChI=1S/C8H18O2/c1-4-5-7(6-9)8(2,3)10/h7,9-10H,4-6H2,1-3H3. The molecule has 0 aliphatic carbocycles. The van der Waals surface area contributed by atoms with E-state index in [-0.39, 0.29) is 12.5 Å². The molecule has 1 unspecified atom stereocenters. The molecule has 0 fully saturated rings. The van der Waals surface area contributed by atoms with Crippen molar-refractivity contribution in [3.05, 3.63) is 0 Å². The van der Waals surface area contributed by atoms with Crippen molar-refractivity contribution in [2.75, 3.05) is 6.61 Å². The molecule has 10 heavy (non-hydrogen) atoms. The van der Waals surface area contributed by atoms with Gasteiger partial charge >= 0.3 is 0 Å². The van der Waals surface area contributed by atoms with Crippen LogP contribution in [-0.4, -0.2) is 22.4 Å². The molecule has 0 heterocycles. The molecule has 2 heteroatoms. The van der Waals surface area contributed by atoms with Gasteiger partial charge in [-0.15, -0.1) is 0 Å². The van der Waals surface area contributed by atoms with Crippen LogP contribution in [0.2, 0.25) is 0 Å². The van der Waals surface area contributed by atoms with E-state index >= 15 is 0 Å². The van der Waals surface area contributed by atoms with Gasteiger partial charge in [-0.1, -0.05) is 13.3 Å². The van der Waals surface area contributed by atoms with Crippen LogP contribution in [0.4, 0.5) is 0 Å². The molecule has 1 atom stereocenters. The summed E-state index contributed by atoms with van der Waals surface area (Å²) in [6.45, 7) is 5.61. The van der Waals surface area contributed by atoms with Crippen LogP contribution in [0.3, 0.4) is 0 Å². The molecule has 0 saturated heterocycles. The van der Waals surface area contributed by atoms with Crippen molar-refractivity contribution in [1.82, 2.24) is 0 Å². The SMILES string of the molecule is CCCC(CO)C(C)(C)O. The average molecular weight is 146 g/mol. The van der Waals surface area contributed by atoms with Crippen LogP contribution in [-0.2, 0) is 0 Å². The Kier molecular flexibility index (Phi) is 3.91. The van der Waals surface area contributed by atoms with E-state index in [9.17, 15) is 5.11 Å². The number of hydrogen-bond donors (Lipinski definition) is 2. The van der Waals surface area contributed by atoms with Crippen LogP contribution < -0.4 is 0 Å². The van der Waals surface area contributed by atoms with Crippen LogP contribution in [0.15, 0.2) is 0 Å². The molecule has 0 aliphatic heterocycles. The predicted octanol–water partition coefficient (Wildman–Crippen LogP) is 1.17. The van der Waals surface area contributed by atoms with E-state index in [1.54, 1.807) is 13.8 Å². The van der Waals surface area contributed by atoms with Gasteiger partial charge in [-0.3, -0.25) is 0 Å². The van der Waals surface area contributed by atoms with Gasteiger partial charge in [0.1, 0.15) is 0 Å². The summed E-state index contributed by atoms with van der Waals surface area (Å²) in [6, 6.07) is 0. The molecule has 2 N–H and O–H groups in total. The van der Waals surface area contributed by atoms with Gasteiger partial charge in [-0.2, -0.15) is 0 Å². The number of rotatable bonds is 4. The van der Waals surface area contributed by atoms with Gasteiger partial charge in [0.15, 0.2) is 0 Å². The molecule has 0 spiro atoms. The Morgan fingerprint density at radius 3 is 2.00 bits per heavy atom. The summed E-state index contributed by atoms with van der Waals surface area (Å²) in [5.41, 5.74) is -0.731. The maximum atomic E-state index is 9.45. The molecule has 0 saturated carbocycles. The van der Waals surface area contributed by atoms with E-state index in [1.165, 1.54) is 0 Å². The smallest absolute Gasteiger partial charge is 0.0641 e. The lowest BCUT2D eigenvalue weighted by Crippen LogP contribution is -2.33. The molecule has 2 nitrogen and oxygen atoms in total. The van der Waals surface area contributed by atoms with Crippen LogP contribution in [0.1, 0.15) is 33.6 Å². The van der Waals surface area contributed by atoms with Gasteiger partial charge < -0.3 is 10.2 Å². The van der Waals surface area contributed by atoms with E-state index in [0.717, 1.165) is 12.8 Å². The fourth-order valence-electron chi connectivity index (χ4n) is 1.02. The molecule has 0 amide bonds. The molecule has 62 valence electrons. The second kappa shape index (κ2) is 3.94. The number of hydrogen-bond acceptors (Lipinski definition) is 2. The highest BCUT2D eigenvalue weighted by Crippen LogP contribution is 2.20. The lowest BCUT2D eigenvalue weighted by Gasteiger charge is -2.27. The van der Waals surface area contributed by atoms with E-state index in [4.69, 9.17) is 5.11 Å². The predicted molar refractivity (Wildman–Crippen MR) is 41.8 cm³/mol. The van der Waals surface area contributed by atoms with E-state index < -0.39 is 5.60 Å². The van der Waals surface area contributed by atoms with Gasteiger partial charge in [-0.25, -0.2) is 0 Å². The summed E-state index contributed by atoms with van der Waals surface area (Å²) in [5.74, 6) is 0.0255. The van der Waals surface area contributed by atoms with Gasteiger partial charge in [0, 0.05) is 12.5 Å². The lowest BCUT2D eigenvalue weighted by molar-refractivity contribution is -0.0124. The lowest BCUT2D eigenvalue weighted by atomic mass is 9.88. The molecule has 0 aliphatic rings. The monoisotopic (exact) mass is 146 g/mol. The largest absolute Gasteiger partial charge is 0.396 e. The molecule has 0 aromatic carbocycles. The third-order valence-corrected chi connectivity index (χ3v) is 1.86. The Morgan fingerprint density at radius 2 is 1.90 bits per heavy atom. The Bertz CT molecular complexity index is 83.7. The number of aliphatic hydroxyl groups is 2. The Balaban J connectivity index is 3.81. The quantitative estimate of drug-likeness (QED) is 0.625. The van der Waals surface area contributed by atoms with E-state index in [0.29, 0.717) is 0 Å². The first-order chi connectivity index (χ1) is 4.52. The highest BCUT2D eigenvalue weighted by molar-refractivity contribution is 4.75. The molecule has 0 aromatic rings. The Labute approximate surface area is 62.9 Å².